The summed E-state index contributed by atoms with van der Waals surface area (Å²) in [6.07, 6.45) is 5.31. The molecule has 0 heterocycles. The van der Waals surface area contributed by atoms with Crippen LogP contribution in [-0.2, 0) is 17.6 Å². The Morgan fingerprint density at radius 1 is 1.11 bits per heavy atom. The van der Waals surface area contributed by atoms with Gasteiger partial charge in [-0.1, -0.05) is 24.3 Å². The average molecular weight is 259 g/mol. The largest absolute Gasteiger partial charge is 0.380 e. The van der Waals surface area contributed by atoms with Crippen molar-refractivity contribution in [2.75, 3.05) is 19.8 Å². The van der Waals surface area contributed by atoms with E-state index in [9.17, 15) is 0 Å². The summed E-state index contributed by atoms with van der Waals surface area (Å²) < 4.78 is 5.45. The smallest absolute Gasteiger partial charge is 0.0590 e. The highest BCUT2D eigenvalue weighted by atomic mass is 16.5. The van der Waals surface area contributed by atoms with Crippen molar-refractivity contribution in [1.29, 1.82) is 0 Å². The van der Waals surface area contributed by atoms with Gasteiger partial charge in [-0.15, -0.1) is 0 Å². The highest BCUT2D eigenvalue weighted by Gasteiger charge is 2.38. The molecule has 2 unspecified atom stereocenters. The summed E-state index contributed by atoms with van der Waals surface area (Å²) in [6, 6.07) is 9.73. The molecule has 2 heteroatoms. The third-order valence-electron chi connectivity index (χ3n) is 4.84. The van der Waals surface area contributed by atoms with Crippen LogP contribution in [0.4, 0.5) is 0 Å². The maximum atomic E-state index is 5.45. The normalized spacial score (nSPS) is 29.0. The fourth-order valence-electron chi connectivity index (χ4n) is 3.93. The quantitative estimate of drug-likeness (QED) is 0.821. The third kappa shape index (κ3) is 2.85. The Hall–Kier alpha value is -0.860. The van der Waals surface area contributed by atoms with Crippen molar-refractivity contribution in [2.45, 2.75) is 38.6 Å². The molecular formula is C17H25NO. The Kier molecular flexibility index (Phi) is 4.19. The molecule has 104 valence electrons. The van der Waals surface area contributed by atoms with E-state index >= 15 is 0 Å². The van der Waals surface area contributed by atoms with E-state index in [0.29, 0.717) is 6.04 Å². The van der Waals surface area contributed by atoms with E-state index in [1.54, 1.807) is 11.1 Å². The van der Waals surface area contributed by atoms with Gasteiger partial charge in [-0.25, -0.2) is 0 Å². The third-order valence-corrected chi connectivity index (χ3v) is 4.84. The first-order chi connectivity index (χ1) is 9.38. The first-order valence-electron chi connectivity index (χ1n) is 7.76. The minimum absolute atomic E-state index is 0.702. The molecule has 2 nitrogen and oxygen atoms in total. The zero-order valence-corrected chi connectivity index (χ0v) is 11.9. The number of ether oxygens (including phenoxy) is 1. The van der Waals surface area contributed by atoms with Crippen LogP contribution >= 0.6 is 0 Å². The molecule has 0 amide bonds. The van der Waals surface area contributed by atoms with Gasteiger partial charge in [0.2, 0.25) is 0 Å². The molecule has 2 atom stereocenters. The van der Waals surface area contributed by atoms with Crippen LogP contribution in [0.2, 0.25) is 0 Å². The van der Waals surface area contributed by atoms with Crippen molar-refractivity contribution >= 4 is 0 Å². The first-order valence-corrected chi connectivity index (χ1v) is 7.76. The number of hydrogen-bond donors (Lipinski definition) is 1. The van der Waals surface area contributed by atoms with E-state index in [1.165, 1.54) is 25.7 Å². The van der Waals surface area contributed by atoms with E-state index in [0.717, 1.165) is 31.6 Å². The summed E-state index contributed by atoms with van der Waals surface area (Å²) in [7, 11) is 0. The molecule has 1 saturated carbocycles. The lowest BCUT2D eigenvalue weighted by Gasteiger charge is -2.23. The molecule has 2 aliphatic rings. The predicted molar refractivity (Wildman–Crippen MR) is 78.3 cm³/mol. The van der Waals surface area contributed by atoms with Crippen LogP contribution < -0.4 is 5.32 Å². The van der Waals surface area contributed by atoms with Gasteiger partial charge in [0.15, 0.2) is 0 Å². The molecule has 2 bridgehead atoms. The SMILES string of the molecule is CCOCCNC1C2CCC1Cc1ccccc1C2. The summed E-state index contributed by atoms with van der Waals surface area (Å²) in [5, 5.41) is 3.77. The van der Waals surface area contributed by atoms with Gasteiger partial charge in [0, 0.05) is 19.2 Å². The number of benzene rings is 1. The van der Waals surface area contributed by atoms with Crippen LogP contribution in [0.3, 0.4) is 0 Å². The van der Waals surface area contributed by atoms with Gasteiger partial charge in [0.25, 0.3) is 0 Å². The van der Waals surface area contributed by atoms with Gasteiger partial charge in [-0.05, 0) is 55.6 Å². The molecule has 1 aromatic rings. The summed E-state index contributed by atoms with van der Waals surface area (Å²) in [5.74, 6) is 1.66. The second kappa shape index (κ2) is 6.06. The number of fused-ring (bicyclic) bond motifs is 3. The van der Waals surface area contributed by atoms with E-state index < -0.39 is 0 Å². The summed E-state index contributed by atoms with van der Waals surface area (Å²) in [6.45, 7) is 4.73. The molecule has 19 heavy (non-hydrogen) atoms. The topological polar surface area (TPSA) is 21.3 Å². The van der Waals surface area contributed by atoms with Crippen LogP contribution in [0.1, 0.15) is 30.9 Å². The Bertz CT molecular complexity index is 384. The van der Waals surface area contributed by atoms with Crippen molar-refractivity contribution in [1.82, 2.24) is 5.32 Å². The second-order valence-electron chi connectivity index (χ2n) is 5.95. The standard InChI is InChI=1S/C17H25NO/c1-2-19-10-9-18-17-15-7-8-16(17)12-14-6-4-3-5-13(14)11-15/h3-6,15-18H,2,7-12H2,1H3. The lowest BCUT2D eigenvalue weighted by atomic mass is 9.94. The molecule has 0 radical (unpaired) electrons. The zero-order valence-electron chi connectivity index (χ0n) is 11.9. The van der Waals surface area contributed by atoms with E-state index in [4.69, 9.17) is 4.74 Å². The van der Waals surface area contributed by atoms with E-state index in [2.05, 4.69) is 36.5 Å². The van der Waals surface area contributed by atoms with Gasteiger partial charge in [-0.3, -0.25) is 0 Å². The minimum Gasteiger partial charge on any atom is -0.380 e. The molecule has 3 rings (SSSR count). The molecular weight excluding hydrogens is 234 g/mol. The predicted octanol–water partition coefficient (Wildman–Crippen LogP) is 2.81. The fraction of sp³-hybridized carbons (Fsp3) is 0.647. The van der Waals surface area contributed by atoms with E-state index in [-0.39, 0.29) is 0 Å². The molecule has 0 saturated heterocycles. The molecule has 0 aliphatic heterocycles. The fourth-order valence-corrected chi connectivity index (χ4v) is 3.93. The molecule has 0 aromatic heterocycles. The van der Waals surface area contributed by atoms with Crippen LogP contribution in [0.15, 0.2) is 24.3 Å². The lowest BCUT2D eigenvalue weighted by Crippen LogP contribution is -2.39. The maximum absolute atomic E-state index is 5.45. The maximum Gasteiger partial charge on any atom is 0.0590 e. The Morgan fingerprint density at radius 3 is 2.32 bits per heavy atom. The molecule has 1 fully saturated rings. The summed E-state index contributed by atoms with van der Waals surface area (Å²) in [5.41, 5.74) is 3.18. The lowest BCUT2D eigenvalue weighted by molar-refractivity contribution is 0.143. The van der Waals surface area contributed by atoms with Gasteiger partial charge in [0.1, 0.15) is 0 Å². The molecule has 1 N–H and O–H groups in total. The second-order valence-corrected chi connectivity index (χ2v) is 5.95. The molecule has 1 aromatic carbocycles. The van der Waals surface area contributed by atoms with Gasteiger partial charge in [-0.2, -0.15) is 0 Å². The Morgan fingerprint density at radius 2 is 1.74 bits per heavy atom. The number of nitrogens with one attached hydrogen (secondary N) is 1. The van der Waals surface area contributed by atoms with Crippen molar-refractivity contribution in [3.8, 4) is 0 Å². The molecule has 0 spiro atoms. The van der Waals surface area contributed by atoms with Gasteiger partial charge >= 0.3 is 0 Å². The van der Waals surface area contributed by atoms with Crippen molar-refractivity contribution in [3.63, 3.8) is 0 Å². The summed E-state index contributed by atoms with van der Waals surface area (Å²) >= 11 is 0. The van der Waals surface area contributed by atoms with Crippen LogP contribution in [0, 0.1) is 11.8 Å². The number of hydrogen-bond acceptors (Lipinski definition) is 2. The van der Waals surface area contributed by atoms with E-state index in [1.807, 2.05) is 0 Å². The molecule has 2 aliphatic carbocycles. The van der Waals surface area contributed by atoms with Crippen LogP contribution in [0.25, 0.3) is 0 Å². The highest BCUT2D eigenvalue weighted by Crippen LogP contribution is 2.39. The monoisotopic (exact) mass is 259 g/mol. The van der Waals surface area contributed by atoms with Gasteiger partial charge in [0.05, 0.1) is 6.61 Å². The summed E-state index contributed by atoms with van der Waals surface area (Å²) in [4.78, 5) is 0. The Balaban J connectivity index is 1.66. The van der Waals surface area contributed by atoms with Crippen molar-refractivity contribution < 1.29 is 4.74 Å². The Labute approximate surface area is 116 Å². The van der Waals surface area contributed by atoms with Crippen LogP contribution in [-0.4, -0.2) is 25.8 Å². The first kappa shape index (κ1) is 13.1. The van der Waals surface area contributed by atoms with Crippen molar-refractivity contribution in [3.05, 3.63) is 35.4 Å². The minimum atomic E-state index is 0.702. The van der Waals surface area contributed by atoms with Gasteiger partial charge < -0.3 is 10.1 Å². The average Bonchev–Trinajstić information content (AvgIpc) is 2.70. The van der Waals surface area contributed by atoms with Crippen molar-refractivity contribution in [2.24, 2.45) is 11.8 Å². The highest BCUT2D eigenvalue weighted by molar-refractivity contribution is 5.30. The van der Waals surface area contributed by atoms with Crippen LogP contribution in [0.5, 0.6) is 0 Å². The number of rotatable bonds is 5. The zero-order chi connectivity index (χ0) is 13.1.